The maximum Gasteiger partial charge on any atom is 0.271 e. The summed E-state index contributed by atoms with van der Waals surface area (Å²) in [5.74, 6) is -0.293. The third kappa shape index (κ3) is 3.64. The highest BCUT2D eigenvalue weighted by atomic mass is 16.3. The number of fused-ring (bicyclic) bond motifs is 2. The van der Waals surface area contributed by atoms with Gasteiger partial charge in [0.2, 0.25) is 0 Å². The Bertz CT molecular complexity index is 1110. The number of nitrogens with one attached hydrogen (secondary N) is 1. The van der Waals surface area contributed by atoms with Crippen LogP contribution in [0.3, 0.4) is 0 Å². The van der Waals surface area contributed by atoms with E-state index in [-0.39, 0.29) is 11.6 Å². The van der Waals surface area contributed by atoms with Crippen molar-refractivity contribution in [2.75, 3.05) is 6.54 Å². The molecule has 134 valence electrons. The Labute approximate surface area is 156 Å². The van der Waals surface area contributed by atoms with Crippen molar-refractivity contribution >= 4 is 27.7 Å². The predicted molar refractivity (Wildman–Crippen MR) is 105 cm³/mol. The van der Waals surface area contributed by atoms with Gasteiger partial charge in [-0.1, -0.05) is 54.6 Å². The molecule has 0 spiro atoms. The number of amides is 1. The second kappa shape index (κ2) is 7.51. The van der Waals surface area contributed by atoms with E-state index in [1.807, 2.05) is 66.7 Å². The van der Waals surface area contributed by atoms with Gasteiger partial charge in [-0.2, -0.15) is 0 Å². The molecule has 4 aromatic rings. The number of benzene rings is 3. The van der Waals surface area contributed by atoms with Crippen molar-refractivity contribution in [2.24, 2.45) is 0 Å². The van der Waals surface area contributed by atoms with Crippen LogP contribution in [0, 0.1) is 0 Å². The zero-order chi connectivity index (χ0) is 18.6. The van der Waals surface area contributed by atoms with E-state index in [2.05, 4.69) is 15.3 Å². The number of aliphatic hydroxyl groups excluding tert-OH is 1. The predicted octanol–water partition coefficient (Wildman–Crippen LogP) is 3.64. The highest BCUT2D eigenvalue weighted by Crippen LogP contribution is 2.25. The average Bonchev–Trinajstić information content (AvgIpc) is 2.72. The highest BCUT2D eigenvalue weighted by molar-refractivity contribution is 5.93. The number of aliphatic hydroxyl groups is 1. The van der Waals surface area contributed by atoms with Gasteiger partial charge in [0, 0.05) is 6.54 Å². The summed E-state index contributed by atoms with van der Waals surface area (Å²) in [5, 5.41) is 15.5. The molecule has 0 fully saturated rings. The number of carbonyl (C=O) groups excluding carboxylic acids is 1. The SMILES string of the molecule is O=C(NCCC(O)c1cccc2ccccc12)c1cnc2ccccc2n1. The fourth-order valence-electron chi connectivity index (χ4n) is 3.18. The van der Waals surface area contributed by atoms with Gasteiger partial charge < -0.3 is 10.4 Å². The largest absolute Gasteiger partial charge is 0.388 e. The minimum Gasteiger partial charge on any atom is -0.388 e. The van der Waals surface area contributed by atoms with Crippen molar-refractivity contribution in [3.8, 4) is 0 Å². The van der Waals surface area contributed by atoms with Crippen LogP contribution in [0.1, 0.15) is 28.6 Å². The lowest BCUT2D eigenvalue weighted by Gasteiger charge is -2.14. The highest BCUT2D eigenvalue weighted by Gasteiger charge is 2.13. The molecule has 5 heteroatoms. The van der Waals surface area contributed by atoms with Gasteiger partial charge in [-0.15, -0.1) is 0 Å². The first-order chi connectivity index (χ1) is 13.2. The van der Waals surface area contributed by atoms with Gasteiger partial charge in [-0.3, -0.25) is 9.78 Å². The van der Waals surface area contributed by atoms with Crippen LogP contribution in [-0.2, 0) is 0 Å². The molecule has 3 aromatic carbocycles. The van der Waals surface area contributed by atoms with Crippen LogP contribution < -0.4 is 5.32 Å². The third-order valence-electron chi connectivity index (χ3n) is 4.57. The molecule has 1 atom stereocenters. The standard InChI is InChI=1S/C22H19N3O2/c26-21(17-9-5-7-15-6-1-2-8-16(15)17)12-13-23-22(27)20-14-24-18-10-3-4-11-19(18)25-20/h1-11,14,21,26H,12-13H2,(H,23,27). The number of para-hydroxylation sites is 2. The Morgan fingerprint density at radius 2 is 1.70 bits per heavy atom. The van der Waals surface area contributed by atoms with Gasteiger partial charge in [0.15, 0.2) is 0 Å². The van der Waals surface area contributed by atoms with Crippen molar-refractivity contribution in [1.82, 2.24) is 15.3 Å². The van der Waals surface area contributed by atoms with E-state index in [1.54, 1.807) is 0 Å². The van der Waals surface area contributed by atoms with E-state index in [0.717, 1.165) is 21.9 Å². The molecule has 0 aliphatic rings. The summed E-state index contributed by atoms with van der Waals surface area (Å²) in [6.45, 7) is 0.345. The summed E-state index contributed by atoms with van der Waals surface area (Å²) < 4.78 is 0. The van der Waals surface area contributed by atoms with Crippen LogP contribution in [0.2, 0.25) is 0 Å². The first-order valence-corrected chi connectivity index (χ1v) is 8.88. The number of rotatable bonds is 5. The van der Waals surface area contributed by atoms with Crippen molar-refractivity contribution in [2.45, 2.75) is 12.5 Å². The molecular weight excluding hydrogens is 338 g/mol. The quantitative estimate of drug-likeness (QED) is 0.572. The smallest absolute Gasteiger partial charge is 0.271 e. The molecule has 2 N–H and O–H groups in total. The van der Waals surface area contributed by atoms with Gasteiger partial charge in [-0.25, -0.2) is 4.98 Å². The molecule has 0 bridgehead atoms. The molecule has 0 aliphatic heterocycles. The Morgan fingerprint density at radius 1 is 0.963 bits per heavy atom. The van der Waals surface area contributed by atoms with Crippen molar-refractivity contribution in [3.05, 3.63) is 84.2 Å². The fourth-order valence-corrected chi connectivity index (χ4v) is 3.18. The van der Waals surface area contributed by atoms with E-state index in [0.29, 0.717) is 18.5 Å². The lowest BCUT2D eigenvalue weighted by atomic mass is 9.99. The summed E-state index contributed by atoms with van der Waals surface area (Å²) in [7, 11) is 0. The maximum absolute atomic E-state index is 12.3. The molecule has 0 aliphatic carbocycles. The number of carbonyl (C=O) groups is 1. The van der Waals surface area contributed by atoms with Gasteiger partial charge in [-0.05, 0) is 34.9 Å². The van der Waals surface area contributed by atoms with E-state index in [9.17, 15) is 9.90 Å². The molecular formula is C22H19N3O2. The minimum absolute atomic E-state index is 0.272. The van der Waals surface area contributed by atoms with Crippen LogP contribution in [0.5, 0.6) is 0 Å². The minimum atomic E-state index is -0.654. The van der Waals surface area contributed by atoms with Crippen LogP contribution >= 0.6 is 0 Å². The van der Waals surface area contributed by atoms with Crippen LogP contribution in [0.4, 0.5) is 0 Å². The van der Waals surface area contributed by atoms with Crippen molar-refractivity contribution < 1.29 is 9.90 Å². The van der Waals surface area contributed by atoms with Gasteiger partial charge in [0.1, 0.15) is 5.69 Å². The summed E-state index contributed by atoms with van der Waals surface area (Å²) in [5.41, 5.74) is 2.57. The summed E-state index contributed by atoms with van der Waals surface area (Å²) >= 11 is 0. The lowest BCUT2D eigenvalue weighted by Crippen LogP contribution is -2.26. The summed E-state index contributed by atoms with van der Waals surface area (Å²) in [6.07, 6.45) is 1.23. The summed E-state index contributed by atoms with van der Waals surface area (Å²) in [6, 6.07) is 21.2. The normalized spacial score (nSPS) is 12.2. The molecule has 1 aromatic heterocycles. The number of aromatic nitrogens is 2. The Hall–Kier alpha value is -3.31. The van der Waals surface area contributed by atoms with Crippen molar-refractivity contribution in [3.63, 3.8) is 0 Å². The molecule has 1 heterocycles. The number of hydrogen-bond donors (Lipinski definition) is 2. The van der Waals surface area contributed by atoms with E-state index >= 15 is 0 Å². The molecule has 0 saturated heterocycles. The molecule has 0 saturated carbocycles. The van der Waals surface area contributed by atoms with Crippen LogP contribution in [0.15, 0.2) is 72.9 Å². The Kier molecular flexibility index (Phi) is 4.77. The zero-order valence-corrected chi connectivity index (χ0v) is 14.7. The molecule has 0 radical (unpaired) electrons. The van der Waals surface area contributed by atoms with Gasteiger partial charge in [0.05, 0.1) is 23.3 Å². The lowest BCUT2D eigenvalue weighted by molar-refractivity contribution is 0.0938. The molecule has 1 amide bonds. The van der Waals surface area contributed by atoms with E-state index in [4.69, 9.17) is 0 Å². The summed E-state index contributed by atoms with van der Waals surface area (Å²) in [4.78, 5) is 20.9. The van der Waals surface area contributed by atoms with Crippen LogP contribution in [0.25, 0.3) is 21.8 Å². The van der Waals surface area contributed by atoms with Crippen molar-refractivity contribution in [1.29, 1.82) is 0 Å². The Balaban J connectivity index is 1.41. The molecule has 5 nitrogen and oxygen atoms in total. The average molecular weight is 357 g/mol. The number of nitrogens with zero attached hydrogens (tertiary/aromatic N) is 2. The second-order valence-electron chi connectivity index (χ2n) is 6.37. The van der Waals surface area contributed by atoms with Gasteiger partial charge >= 0.3 is 0 Å². The topological polar surface area (TPSA) is 75.1 Å². The zero-order valence-electron chi connectivity index (χ0n) is 14.7. The first kappa shape index (κ1) is 17.1. The van der Waals surface area contributed by atoms with E-state index < -0.39 is 6.10 Å². The Morgan fingerprint density at radius 3 is 2.59 bits per heavy atom. The monoisotopic (exact) mass is 357 g/mol. The number of hydrogen-bond acceptors (Lipinski definition) is 4. The first-order valence-electron chi connectivity index (χ1n) is 8.88. The van der Waals surface area contributed by atoms with Gasteiger partial charge in [0.25, 0.3) is 5.91 Å². The fraction of sp³-hybridized carbons (Fsp3) is 0.136. The third-order valence-corrected chi connectivity index (χ3v) is 4.57. The van der Waals surface area contributed by atoms with E-state index in [1.165, 1.54) is 6.20 Å². The maximum atomic E-state index is 12.3. The second-order valence-corrected chi connectivity index (χ2v) is 6.37. The molecule has 27 heavy (non-hydrogen) atoms. The molecule has 1 unspecified atom stereocenters. The molecule has 4 rings (SSSR count). The van der Waals surface area contributed by atoms with Crippen LogP contribution in [-0.4, -0.2) is 27.5 Å².